The lowest BCUT2D eigenvalue weighted by atomic mass is 9.97. The Morgan fingerprint density at radius 3 is 2.29 bits per heavy atom. The molecule has 1 aliphatic carbocycles. The van der Waals surface area contributed by atoms with E-state index in [1.165, 1.54) is 0 Å². The van der Waals surface area contributed by atoms with Crippen LogP contribution < -0.4 is 4.74 Å². The zero-order valence-electron chi connectivity index (χ0n) is 13.4. The molecule has 118 valence electrons. The molecule has 0 saturated heterocycles. The van der Waals surface area contributed by atoms with Crippen LogP contribution in [0.3, 0.4) is 0 Å². The molecule has 4 heteroatoms. The molecule has 4 rings (SSSR count). The fourth-order valence-corrected chi connectivity index (χ4v) is 3.69. The topological polar surface area (TPSA) is 39.2 Å². The molecule has 0 N–H and O–H groups in total. The van der Waals surface area contributed by atoms with E-state index in [2.05, 4.69) is 4.98 Å². The normalized spacial score (nSPS) is 13.3. The first-order valence-electron chi connectivity index (χ1n) is 7.64. The maximum absolute atomic E-state index is 13.1. The van der Waals surface area contributed by atoms with Crippen LogP contribution in [-0.2, 0) is 0 Å². The first-order valence-corrected chi connectivity index (χ1v) is 8.52. The molecule has 1 aromatic heterocycles. The number of aromatic nitrogens is 1. The second kappa shape index (κ2) is 5.73. The van der Waals surface area contributed by atoms with Crippen molar-refractivity contribution in [1.29, 1.82) is 0 Å². The van der Waals surface area contributed by atoms with Gasteiger partial charge in [-0.15, -0.1) is 11.3 Å². The number of hydrogen-bond acceptors (Lipinski definition) is 4. The van der Waals surface area contributed by atoms with E-state index in [1.807, 2.05) is 61.0 Å². The lowest BCUT2D eigenvalue weighted by Gasteiger charge is -2.08. The third kappa shape index (κ3) is 2.19. The van der Waals surface area contributed by atoms with Crippen molar-refractivity contribution in [2.45, 2.75) is 6.92 Å². The largest absolute Gasteiger partial charge is 0.497 e. The number of carbonyl (C=O) groups excluding carboxylic acids is 1. The van der Waals surface area contributed by atoms with Crippen molar-refractivity contribution in [2.75, 3.05) is 7.11 Å². The highest BCUT2D eigenvalue weighted by molar-refractivity contribution is 7.09. The van der Waals surface area contributed by atoms with Crippen molar-refractivity contribution in [3.8, 4) is 5.75 Å². The average molecular weight is 333 g/mol. The number of thiazole rings is 1. The van der Waals surface area contributed by atoms with Crippen molar-refractivity contribution in [2.24, 2.45) is 0 Å². The van der Waals surface area contributed by atoms with E-state index in [4.69, 9.17) is 4.74 Å². The fraction of sp³-hybridized carbons (Fsp3) is 0.100. The van der Waals surface area contributed by atoms with Gasteiger partial charge in [-0.2, -0.15) is 0 Å². The number of aryl methyl sites for hydroxylation is 1. The summed E-state index contributed by atoms with van der Waals surface area (Å²) in [5.41, 5.74) is 6.96. The lowest BCUT2D eigenvalue weighted by Crippen LogP contribution is -1.98. The van der Waals surface area contributed by atoms with Gasteiger partial charge in [-0.3, -0.25) is 4.79 Å². The summed E-state index contributed by atoms with van der Waals surface area (Å²) in [6, 6.07) is 15.4. The zero-order valence-corrected chi connectivity index (χ0v) is 14.2. The Kier molecular flexibility index (Phi) is 3.54. The molecule has 0 unspecified atom stereocenters. The predicted molar refractivity (Wildman–Crippen MR) is 96.5 cm³/mol. The van der Waals surface area contributed by atoms with Gasteiger partial charge in [0.25, 0.3) is 0 Å². The summed E-state index contributed by atoms with van der Waals surface area (Å²) >= 11 is 1.59. The molecule has 0 radical (unpaired) electrons. The number of ether oxygens (including phenoxy) is 1. The molecule has 0 fully saturated rings. The number of carbonyl (C=O) groups is 1. The summed E-state index contributed by atoms with van der Waals surface area (Å²) in [6.07, 6.45) is 0. The first-order chi connectivity index (χ1) is 11.7. The second-order valence-electron chi connectivity index (χ2n) is 5.61. The van der Waals surface area contributed by atoms with Crippen LogP contribution in [0.15, 0.2) is 54.0 Å². The number of fused-ring (bicyclic) bond motifs is 1. The summed E-state index contributed by atoms with van der Waals surface area (Å²) in [5.74, 6) is 0.826. The highest BCUT2D eigenvalue weighted by Gasteiger charge is 2.32. The van der Waals surface area contributed by atoms with Gasteiger partial charge < -0.3 is 4.74 Å². The molecule has 24 heavy (non-hydrogen) atoms. The quantitative estimate of drug-likeness (QED) is 0.702. The third-order valence-corrected chi connectivity index (χ3v) is 5.04. The summed E-state index contributed by atoms with van der Waals surface area (Å²) in [4.78, 5) is 18.7. The van der Waals surface area contributed by atoms with E-state index in [0.29, 0.717) is 5.57 Å². The second-order valence-corrected chi connectivity index (χ2v) is 6.67. The molecule has 3 nitrogen and oxygen atoms in total. The Morgan fingerprint density at radius 2 is 1.67 bits per heavy atom. The molecule has 2 aromatic carbocycles. The number of methoxy groups -OCH3 is 1. The number of nitrogens with zero attached hydrogens (tertiary/aromatic N) is 1. The van der Waals surface area contributed by atoms with E-state index in [1.54, 1.807) is 18.4 Å². The summed E-state index contributed by atoms with van der Waals surface area (Å²) in [5, 5.41) is 0. The van der Waals surface area contributed by atoms with Crippen LogP contribution in [0.4, 0.5) is 0 Å². The Labute approximate surface area is 144 Å². The van der Waals surface area contributed by atoms with E-state index in [0.717, 1.165) is 38.6 Å². The highest BCUT2D eigenvalue weighted by Crippen LogP contribution is 2.43. The van der Waals surface area contributed by atoms with Crippen LogP contribution in [0.2, 0.25) is 0 Å². The van der Waals surface area contributed by atoms with E-state index < -0.39 is 0 Å². The van der Waals surface area contributed by atoms with Crippen molar-refractivity contribution in [1.82, 2.24) is 4.98 Å². The predicted octanol–water partition coefficient (Wildman–Crippen LogP) is 4.62. The molecular formula is C20H15NO2S. The monoisotopic (exact) mass is 333 g/mol. The standard InChI is InChI=1S/C20H15NO2S/c1-12-19(21-11-24-12)18-15-5-3-4-6-16(15)20(22)17(18)13-7-9-14(23-2)10-8-13/h3-11H,1-2H3. The van der Waals surface area contributed by atoms with Gasteiger partial charge in [0, 0.05) is 21.6 Å². The minimum Gasteiger partial charge on any atom is -0.497 e. The van der Waals surface area contributed by atoms with Gasteiger partial charge in [-0.1, -0.05) is 36.4 Å². The zero-order chi connectivity index (χ0) is 16.7. The van der Waals surface area contributed by atoms with Gasteiger partial charge in [0.1, 0.15) is 5.75 Å². The minimum atomic E-state index is 0.0539. The number of rotatable bonds is 3. The first kappa shape index (κ1) is 14.8. The van der Waals surface area contributed by atoms with Crippen LogP contribution in [0.5, 0.6) is 5.75 Å². The number of ketones is 1. The van der Waals surface area contributed by atoms with Gasteiger partial charge >= 0.3 is 0 Å². The highest BCUT2D eigenvalue weighted by atomic mass is 32.1. The molecule has 0 spiro atoms. The molecule has 0 aliphatic heterocycles. The van der Waals surface area contributed by atoms with Crippen LogP contribution >= 0.6 is 11.3 Å². The molecule has 0 saturated carbocycles. The minimum absolute atomic E-state index is 0.0539. The summed E-state index contributed by atoms with van der Waals surface area (Å²) in [7, 11) is 1.63. The van der Waals surface area contributed by atoms with Crippen molar-refractivity contribution in [3.05, 3.63) is 81.3 Å². The molecular weight excluding hydrogens is 318 g/mol. The number of hydrogen-bond donors (Lipinski definition) is 0. The van der Waals surface area contributed by atoms with Crippen LogP contribution in [-0.4, -0.2) is 17.9 Å². The SMILES string of the molecule is COc1ccc(C2=C(c3ncsc3C)c3ccccc3C2=O)cc1. The lowest BCUT2D eigenvalue weighted by molar-refractivity contribution is 0.105. The van der Waals surface area contributed by atoms with Crippen molar-refractivity contribution in [3.63, 3.8) is 0 Å². The maximum Gasteiger partial charge on any atom is 0.194 e. The average Bonchev–Trinajstić information content (AvgIpc) is 3.16. The van der Waals surface area contributed by atoms with Gasteiger partial charge in [0.2, 0.25) is 0 Å². The molecule has 0 bridgehead atoms. The van der Waals surface area contributed by atoms with Crippen LogP contribution in [0.1, 0.15) is 32.1 Å². The van der Waals surface area contributed by atoms with Gasteiger partial charge in [-0.05, 0) is 30.2 Å². The Hall–Kier alpha value is -2.72. The molecule has 1 heterocycles. The van der Waals surface area contributed by atoms with E-state index >= 15 is 0 Å². The van der Waals surface area contributed by atoms with Crippen LogP contribution in [0.25, 0.3) is 11.1 Å². The van der Waals surface area contributed by atoms with E-state index in [-0.39, 0.29) is 5.78 Å². The van der Waals surface area contributed by atoms with Crippen molar-refractivity contribution < 1.29 is 9.53 Å². The molecule has 0 amide bonds. The van der Waals surface area contributed by atoms with Gasteiger partial charge in [0.05, 0.1) is 18.3 Å². The Morgan fingerprint density at radius 1 is 0.958 bits per heavy atom. The van der Waals surface area contributed by atoms with Crippen LogP contribution in [0, 0.1) is 6.92 Å². The third-order valence-electron chi connectivity index (χ3n) is 4.28. The number of Topliss-reactive ketones (excluding diaryl/α,β-unsaturated/α-hetero) is 1. The Bertz CT molecular complexity index is 967. The molecule has 1 aliphatic rings. The maximum atomic E-state index is 13.1. The van der Waals surface area contributed by atoms with Crippen molar-refractivity contribution >= 4 is 28.3 Å². The fourth-order valence-electron chi connectivity index (χ4n) is 3.11. The number of benzene rings is 2. The summed E-state index contributed by atoms with van der Waals surface area (Å²) in [6.45, 7) is 2.04. The van der Waals surface area contributed by atoms with Gasteiger partial charge in [0.15, 0.2) is 5.78 Å². The molecule has 0 atom stereocenters. The smallest absolute Gasteiger partial charge is 0.194 e. The molecule has 3 aromatic rings. The Balaban J connectivity index is 1.99. The van der Waals surface area contributed by atoms with Gasteiger partial charge in [-0.25, -0.2) is 4.98 Å². The summed E-state index contributed by atoms with van der Waals surface area (Å²) < 4.78 is 5.23. The van der Waals surface area contributed by atoms with E-state index in [9.17, 15) is 4.79 Å². The number of allylic oxidation sites excluding steroid dienone is 1.